The minimum atomic E-state index is -0.0647. The molecule has 0 saturated carbocycles. The zero-order valence-corrected chi connectivity index (χ0v) is 16.7. The maximum Gasteiger partial charge on any atom is 0.270 e. The van der Waals surface area contributed by atoms with Crippen LogP contribution in [-0.2, 0) is 0 Å². The van der Waals surface area contributed by atoms with E-state index in [2.05, 4.69) is 30.4 Å². The zero-order chi connectivity index (χ0) is 19.5. The topological polar surface area (TPSA) is 46.4 Å². The van der Waals surface area contributed by atoms with E-state index in [0.717, 1.165) is 28.9 Å². The number of fused-ring (bicyclic) bond motifs is 1. The number of carbonyl (C=O) groups is 1. The number of rotatable bonds is 5. The van der Waals surface area contributed by atoms with E-state index in [1.54, 1.807) is 0 Å². The second kappa shape index (κ2) is 8.01. The molecular weight excluding hydrogens is 346 g/mol. The third kappa shape index (κ3) is 3.86. The van der Waals surface area contributed by atoms with Gasteiger partial charge >= 0.3 is 0 Å². The van der Waals surface area contributed by atoms with Crippen molar-refractivity contribution in [2.75, 3.05) is 6.54 Å². The first-order valence-electron chi connectivity index (χ1n) is 10.1. The molecule has 1 aliphatic carbocycles. The van der Waals surface area contributed by atoms with Gasteiger partial charge in [0.25, 0.3) is 5.91 Å². The van der Waals surface area contributed by atoms with E-state index in [9.17, 15) is 4.79 Å². The highest BCUT2D eigenvalue weighted by molar-refractivity contribution is 5.99. The third-order valence-electron chi connectivity index (χ3n) is 5.42. The van der Waals surface area contributed by atoms with E-state index in [1.165, 1.54) is 36.8 Å². The minimum absolute atomic E-state index is 0.0647. The average molecular weight is 374 g/mol. The maximum absolute atomic E-state index is 13.1. The lowest BCUT2D eigenvalue weighted by Gasteiger charge is -2.13. The second-order valence-corrected chi connectivity index (χ2v) is 7.72. The Balaban J connectivity index is 1.64. The van der Waals surface area contributed by atoms with Gasteiger partial charge in [-0.3, -0.25) is 9.20 Å². The van der Waals surface area contributed by atoms with Gasteiger partial charge in [-0.15, -0.1) is 0 Å². The van der Waals surface area contributed by atoms with E-state index >= 15 is 0 Å². The molecule has 1 amide bonds. The van der Waals surface area contributed by atoms with Crippen LogP contribution in [0.15, 0.2) is 54.2 Å². The fraction of sp³-hybridized carbons (Fsp3) is 0.333. The Labute approximate surface area is 166 Å². The molecule has 4 heteroatoms. The highest BCUT2D eigenvalue weighted by Gasteiger charge is 2.20. The Morgan fingerprint density at radius 3 is 2.61 bits per heavy atom. The molecule has 2 heterocycles. The van der Waals surface area contributed by atoms with Crippen molar-refractivity contribution in [2.24, 2.45) is 0 Å². The summed E-state index contributed by atoms with van der Waals surface area (Å²) in [6.45, 7) is 4.75. The van der Waals surface area contributed by atoms with Gasteiger partial charge in [0.05, 0.1) is 0 Å². The van der Waals surface area contributed by atoms with Crippen LogP contribution in [-0.4, -0.2) is 21.8 Å². The summed E-state index contributed by atoms with van der Waals surface area (Å²) < 4.78 is 1.92. The largest absolute Gasteiger partial charge is 0.350 e. The van der Waals surface area contributed by atoms with E-state index in [4.69, 9.17) is 4.98 Å². The standard InChI is InChI=1S/C24H27N3O/c1-17-8-11-20(12-9-17)22-23(27-16-18(2)10-13-21(27)26-22)24(28)25-15-14-19-6-4-3-5-7-19/h6,8-13,16H,3-5,7,14-15H2,1-2H3,(H,25,28). The molecule has 4 rings (SSSR count). The van der Waals surface area contributed by atoms with Crippen molar-refractivity contribution in [1.82, 2.24) is 14.7 Å². The summed E-state index contributed by atoms with van der Waals surface area (Å²) in [6, 6.07) is 12.2. The summed E-state index contributed by atoms with van der Waals surface area (Å²) in [7, 11) is 0. The molecule has 0 aliphatic heterocycles. The summed E-state index contributed by atoms with van der Waals surface area (Å²) >= 11 is 0. The number of imidazole rings is 1. The predicted molar refractivity (Wildman–Crippen MR) is 114 cm³/mol. The number of hydrogen-bond acceptors (Lipinski definition) is 2. The molecule has 1 aliphatic rings. The van der Waals surface area contributed by atoms with E-state index in [0.29, 0.717) is 12.2 Å². The van der Waals surface area contributed by atoms with Crippen LogP contribution in [0.25, 0.3) is 16.9 Å². The Morgan fingerprint density at radius 1 is 1.07 bits per heavy atom. The van der Waals surface area contributed by atoms with Gasteiger partial charge in [0.1, 0.15) is 17.0 Å². The lowest BCUT2D eigenvalue weighted by Crippen LogP contribution is -2.26. The number of hydrogen-bond donors (Lipinski definition) is 1. The third-order valence-corrected chi connectivity index (χ3v) is 5.42. The van der Waals surface area contributed by atoms with Gasteiger partial charge in [0.2, 0.25) is 0 Å². The first kappa shape index (κ1) is 18.5. The smallest absolute Gasteiger partial charge is 0.270 e. The van der Waals surface area contributed by atoms with Crippen LogP contribution in [0.4, 0.5) is 0 Å². The molecule has 0 spiro atoms. The van der Waals surface area contributed by atoms with Crippen LogP contribution in [0.1, 0.15) is 53.7 Å². The average Bonchev–Trinajstić information content (AvgIpc) is 3.08. The molecule has 0 bridgehead atoms. The van der Waals surface area contributed by atoms with Crippen LogP contribution in [0, 0.1) is 13.8 Å². The van der Waals surface area contributed by atoms with Crippen molar-refractivity contribution in [1.29, 1.82) is 0 Å². The SMILES string of the molecule is Cc1ccc(-c2nc3ccc(C)cn3c2C(=O)NCCC2=CCCCC2)cc1. The summed E-state index contributed by atoms with van der Waals surface area (Å²) in [4.78, 5) is 17.9. The van der Waals surface area contributed by atoms with Crippen molar-refractivity contribution in [3.8, 4) is 11.3 Å². The number of amides is 1. The molecule has 2 aromatic heterocycles. The number of aromatic nitrogens is 2. The summed E-state index contributed by atoms with van der Waals surface area (Å²) in [5.41, 5.74) is 6.87. The predicted octanol–water partition coefficient (Wildman–Crippen LogP) is 5.24. The van der Waals surface area contributed by atoms with Crippen LogP contribution >= 0.6 is 0 Å². The maximum atomic E-state index is 13.1. The highest BCUT2D eigenvalue weighted by atomic mass is 16.1. The molecule has 0 atom stereocenters. The van der Waals surface area contributed by atoms with Gasteiger partial charge in [0.15, 0.2) is 0 Å². The summed E-state index contributed by atoms with van der Waals surface area (Å²) in [5.74, 6) is -0.0647. The molecule has 0 unspecified atom stereocenters. The molecule has 144 valence electrons. The minimum Gasteiger partial charge on any atom is -0.350 e. The molecule has 4 nitrogen and oxygen atoms in total. The van der Waals surface area contributed by atoms with Crippen molar-refractivity contribution >= 4 is 11.6 Å². The molecular formula is C24H27N3O. The van der Waals surface area contributed by atoms with Gasteiger partial charge in [-0.25, -0.2) is 4.98 Å². The Bertz CT molecular complexity index is 1030. The van der Waals surface area contributed by atoms with Gasteiger partial charge in [-0.05, 0) is 57.6 Å². The Morgan fingerprint density at radius 2 is 1.86 bits per heavy atom. The van der Waals surface area contributed by atoms with Crippen molar-refractivity contribution in [3.05, 3.63) is 71.1 Å². The summed E-state index contributed by atoms with van der Waals surface area (Å²) in [5, 5.41) is 3.12. The molecule has 1 aromatic carbocycles. The van der Waals surface area contributed by atoms with Gasteiger partial charge in [-0.1, -0.05) is 47.5 Å². The van der Waals surface area contributed by atoms with Gasteiger partial charge < -0.3 is 5.32 Å². The molecule has 0 fully saturated rings. The first-order valence-corrected chi connectivity index (χ1v) is 10.1. The number of nitrogens with one attached hydrogen (secondary N) is 1. The quantitative estimate of drug-likeness (QED) is 0.622. The van der Waals surface area contributed by atoms with Crippen LogP contribution in [0.5, 0.6) is 0 Å². The fourth-order valence-electron chi connectivity index (χ4n) is 3.83. The monoisotopic (exact) mass is 373 g/mol. The molecule has 28 heavy (non-hydrogen) atoms. The second-order valence-electron chi connectivity index (χ2n) is 7.72. The zero-order valence-electron chi connectivity index (χ0n) is 16.7. The number of pyridine rings is 1. The molecule has 0 saturated heterocycles. The van der Waals surface area contributed by atoms with E-state index in [-0.39, 0.29) is 5.91 Å². The van der Waals surface area contributed by atoms with Gasteiger partial charge in [0, 0.05) is 18.3 Å². The number of nitrogens with zero attached hydrogens (tertiary/aromatic N) is 2. The van der Waals surface area contributed by atoms with Crippen LogP contribution in [0.3, 0.4) is 0 Å². The van der Waals surface area contributed by atoms with Crippen LogP contribution < -0.4 is 5.32 Å². The Hall–Kier alpha value is -2.88. The molecule has 3 aromatic rings. The number of carbonyl (C=O) groups excluding carboxylic acids is 1. The summed E-state index contributed by atoms with van der Waals surface area (Å²) in [6.07, 6.45) is 10.2. The Kier molecular flexibility index (Phi) is 5.29. The fourth-order valence-corrected chi connectivity index (χ4v) is 3.83. The van der Waals surface area contributed by atoms with Crippen molar-refractivity contribution in [2.45, 2.75) is 46.0 Å². The van der Waals surface area contributed by atoms with Gasteiger partial charge in [-0.2, -0.15) is 0 Å². The van der Waals surface area contributed by atoms with Crippen molar-refractivity contribution < 1.29 is 4.79 Å². The van der Waals surface area contributed by atoms with E-state index in [1.807, 2.05) is 41.8 Å². The van der Waals surface area contributed by atoms with E-state index < -0.39 is 0 Å². The lowest BCUT2D eigenvalue weighted by atomic mass is 9.97. The number of allylic oxidation sites excluding steroid dienone is 1. The number of aryl methyl sites for hydroxylation is 2. The lowest BCUT2D eigenvalue weighted by molar-refractivity contribution is 0.0949. The first-order chi connectivity index (χ1) is 13.6. The normalized spacial score (nSPS) is 14.1. The van der Waals surface area contributed by atoms with Crippen LogP contribution in [0.2, 0.25) is 0 Å². The highest BCUT2D eigenvalue weighted by Crippen LogP contribution is 2.26. The van der Waals surface area contributed by atoms with Crippen molar-refractivity contribution in [3.63, 3.8) is 0 Å². The molecule has 0 radical (unpaired) electrons. The molecule has 1 N–H and O–H groups in total. The number of benzene rings is 1.